The summed E-state index contributed by atoms with van der Waals surface area (Å²) in [4.78, 5) is 38.4. The van der Waals surface area contributed by atoms with E-state index in [1.165, 1.54) is 70.6 Å². The molecule has 0 aromatic heterocycles. The molecule has 0 amide bonds. The van der Waals surface area contributed by atoms with Gasteiger partial charge in [-0.05, 0) is 141 Å². The maximum Gasteiger partial charge on any atom is 0.306 e. The number of unbranched alkanes of at least 4 members (excludes halogenated alkanes) is 23. The van der Waals surface area contributed by atoms with E-state index in [0.29, 0.717) is 19.3 Å². The van der Waals surface area contributed by atoms with E-state index in [1.807, 2.05) is 0 Å². The summed E-state index contributed by atoms with van der Waals surface area (Å²) in [6.45, 7) is 6.32. The molecule has 6 nitrogen and oxygen atoms in total. The van der Waals surface area contributed by atoms with E-state index >= 15 is 0 Å². The molecule has 0 saturated carbocycles. The van der Waals surface area contributed by atoms with Crippen molar-refractivity contribution in [2.45, 2.75) is 297 Å². The molecule has 6 heteroatoms. The van der Waals surface area contributed by atoms with Gasteiger partial charge in [0.2, 0.25) is 0 Å². The summed E-state index contributed by atoms with van der Waals surface area (Å²) < 4.78 is 16.9. The van der Waals surface area contributed by atoms with Gasteiger partial charge in [-0.25, -0.2) is 0 Å². The minimum Gasteiger partial charge on any atom is -0.462 e. The summed E-state index contributed by atoms with van der Waals surface area (Å²) in [7, 11) is 0. The predicted octanol–water partition coefficient (Wildman–Crippen LogP) is 23.7. The Balaban J connectivity index is 4.33. The molecule has 0 saturated heterocycles. The first-order valence-corrected chi connectivity index (χ1v) is 34.0. The van der Waals surface area contributed by atoms with Gasteiger partial charge in [-0.1, -0.05) is 288 Å². The van der Waals surface area contributed by atoms with Gasteiger partial charge in [0.05, 0.1) is 0 Å². The Morgan fingerprint density at radius 2 is 0.470 bits per heavy atom. The summed E-state index contributed by atoms with van der Waals surface area (Å²) in [5, 5.41) is 0. The Hall–Kier alpha value is -4.97. The number of carbonyl (C=O) groups is 3. The van der Waals surface area contributed by atoms with E-state index in [2.05, 4.69) is 179 Å². The van der Waals surface area contributed by atoms with Crippen LogP contribution in [0.5, 0.6) is 0 Å². The van der Waals surface area contributed by atoms with Gasteiger partial charge in [0.25, 0.3) is 0 Å². The molecule has 0 aliphatic rings. The molecule has 0 N–H and O–H groups in total. The number of esters is 3. The average Bonchev–Trinajstić information content (AvgIpc) is 3.49. The largest absolute Gasteiger partial charge is 0.462 e. The first kappa shape index (κ1) is 78.0. The first-order valence-electron chi connectivity index (χ1n) is 34.0. The van der Waals surface area contributed by atoms with Gasteiger partial charge in [-0.3, -0.25) is 14.4 Å². The van der Waals surface area contributed by atoms with Gasteiger partial charge in [0.1, 0.15) is 13.2 Å². The third-order valence-electron chi connectivity index (χ3n) is 14.0. The second-order valence-corrected chi connectivity index (χ2v) is 22.0. The van der Waals surface area contributed by atoms with Crippen molar-refractivity contribution in [2.24, 2.45) is 0 Å². The molecule has 1 unspecified atom stereocenters. The molecule has 0 spiro atoms. The van der Waals surface area contributed by atoms with Crippen molar-refractivity contribution in [1.29, 1.82) is 0 Å². The van der Waals surface area contributed by atoms with Gasteiger partial charge >= 0.3 is 17.9 Å². The smallest absolute Gasteiger partial charge is 0.306 e. The Labute approximate surface area is 511 Å². The standard InChI is InChI=1S/C77H124O6/c1-4-7-10-13-16-19-22-25-27-29-31-33-34-35-36-37-38-39-40-41-42-44-45-47-49-52-55-58-61-64-67-70-76(79)82-73-74(72-81-75(78)69-66-63-60-57-54-51-24-21-18-15-12-9-6-3)83-77(80)71-68-65-62-59-56-53-50-48-46-43-32-30-28-26-23-20-17-14-11-8-5-2/h7-8,10-12,15-17,19-21,24-28,31-33,35-36,38-39,43,48,50,74H,4-6,9,13-14,18,22-23,29-30,34,37,40-42,44-47,49,51-73H2,1-3H3/b10-7-,11-8-,15-12-,19-16-,20-17-,24-21-,27-25-,28-26-,33-31-,36-35-,39-38-,43-32-,50-48-. The SMILES string of the molecule is CC/C=C\C/C=C\C/C=C\C/C=C\C/C=C\C/C=C\CCCCCCCCCCCCCCC(=O)OCC(COC(=O)CCCCCCC/C=C\C/C=C\CCC)OC(=O)CCCCCCC/C=C\C/C=C\C/C=C\C/C=C\C/C=C\CC. The molecule has 0 aromatic carbocycles. The minimum absolute atomic E-state index is 0.0966. The topological polar surface area (TPSA) is 78.9 Å². The minimum atomic E-state index is -0.803. The fourth-order valence-electron chi connectivity index (χ4n) is 8.98. The van der Waals surface area contributed by atoms with E-state index in [-0.39, 0.29) is 31.1 Å². The summed E-state index contributed by atoms with van der Waals surface area (Å²) in [6, 6.07) is 0. The zero-order valence-electron chi connectivity index (χ0n) is 53.7. The van der Waals surface area contributed by atoms with Crippen LogP contribution in [0.25, 0.3) is 0 Å². The molecule has 0 bridgehead atoms. The molecular formula is C77H124O6. The van der Waals surface area contributed by atoms with Crippen LogP contribution in [0.1, 0.15) is 290 Å². The fraction of sp³-hybridized carbons (Fsp3) is 0.623. The number of allylic oxidation sites excluding steroid dienone is 26. The lowest BCUT2D eigenvalue weighted by molar-refractivity contribution is -0.167. The highest BCUT2D eigenvalue weighted by Crippen LogP contribution is 2.15. The maximum absolute atomic E-state index is 12.9. The predicted molar refractivity (Wildman–Crippen MR) is 362 cm³/mol. The molecule has 468 valence electrons. The molecule has 0 aliphatic carbocycles. The van der Waals surface area contributed by atoms with Crippen LogP contribution >= 0.6 is 0 Å². The van der Waals surface area contributed by atoms with Crippen LogP contribution in [0.2, 0.25) is 0 Å². The molecule has 0 rings (SSSR count). The maximum atomic E-state index is 12.9. The summed E-state index contributed by atoms with van der Waals surface area (Å²) >= 11 is 0. The van der Waals surface area contributed by atoms with Crippen LogP contribution in [0.4, 0.5) is 0 Å². The second kappa shape index (κ2) is 69.5. The van der Waals surface area contributed by atoms with Crippen LogP contribution in [-0.2, 0) is 28.6 Å². The lowest BCUT2D eigenvalue weighted by Gasteiger charge is -2.18. The van der Waals surface area contributed by atoms with Crippen LogP contribution in [0, 0.1) is 0 Å². The molecule has 0 fully saturated rings. The van der Waals surface area contributed by atoms with Crippen molar-refractivity contribution in [2.75, 3.05) is 13.2 Å². The number of rotatable bonds is 60. The first-order chi connectivity index (χ1) is 41.0. The third-order valence-corrected chi connectivity index (χ3v) is 14.0. The Morgan fingerprint density at radius 3 is 0.735 bits per heavy atom. The number of hydrogen-bond acceptors (Lipinski definition) is 6. The van der Waals surface area contributed by atoms with Gasteiger partial charge in [-0.2, -0.15) is 0 Å². The molecule has 0 radical (unpaired) electrons. The van der Waals surface area contributed by atoms with Gasteiger partial charge in [-0.15, -0.1) is 0 Å². The highest BCUT2D eigenvalue weighted by atomic mass is 16.6. The fourth-order valence-corrected chi connectivity index (χ4v) is 8.98. The van der Waals surface area contributed by atoms with Crippen LogP contribution in [-0.4, -0.2) is 37.2 Å². The quantitative estimate of drug-likeness (QED) is 0.0261. The lowest BCUT2D eigenvalue weighted by atomic mass is 10.0. The molecule has 0 aromatic rings. The monoisotopic (exact) mass is 1140 g/mol. The van der Waals surface area contributed by atoms with Crippen molar-refractivity contribution in [3.8, 4) is 0 Å². The zero-order valence-corrected chi connectivity index (χ0v) is 53.7. The Morgan fingerprint density at radius 1 is 0.253 bits per heavy atom. The Kier molecular flexibility index (Phi) is 65.4. The zero-order chi connectivity index (χ0) is 59.9. The molecule has 83 heavy (non-hydrogen) atoms. The molecule has 0 aliphatic heterocycles. The van der Waals surface area contributed by atoms with Crippen molar-refractivity contribution in [3.63, 3.8) is 0 Å². The van der Waals surface area contributed by atoms with E-state index in [4.69, 9.17) is 14.2 Å². The third kappa shape index (κ3) is 67.7. The van der Waals surface area contributed by atoms with Crippen molar-refractivity contribution < 1.29 is 28.6 Å². The number of carbonyl (C=O) groups excluding carboxylic acids is 3. The van der Waals surface area contributed by atoms with E-state index in [0.717, 1.165) is 180 Å². The Bertz CT molecular complexity index is 1840. The summed E-state index contributed by atoms with van der Waals surface area (Å²) in [6.07, 6.45) is 101. The summed E-state index contributed by atoms with van der Waals surface area (Å²) in [5.74, 6) is -0.931. The van der Waals surface area contributed by atoms with Gasteiger partial charge in [0, 0.05) is 19.3 Å². The van der Waals surface area contributed by atoms with Gasteiger partial charge < -0.3 is 14.2 Å². The molecular weight excluding hydrogens is 1020 g/mol. The van der Waals surface area contributed by atoms with E-state index in [9.17, 15) is 14.4 Å². The average molecular weight is 1150 g/mol. The van der Waals surface area contributed by atoms with Gasteiger partial charge in [0.15, 0.2) is 6.10 Å². The van der Waals surface area contributed by atoms with Crippen LogP contribution in [0.3, 0.4) is 0 Å². The number of ether oxygens (including phenoxy) is 3. The molecule has 0 heterocycles. The normalized spacial score (nSPS) is 13.1. The highest BCUT2D eigenvalue weighted by Gasteiger charge is 2.19. The van der Waals surface area contributed by atoms with Crippen LogP contribution in [0.15, 0.2) is 158 Å². The second-order valence-electron chi connectivity index (χ2n) is 22.0. The number of hydrogen-bond donors (Lipinski definition) is 0. The van der Waals surface area contributed by atoms with Crippen molar-refractivity contribution in [1.82, 2.24) is 0 Å². The van der Waals surface area contributed by atoms with E-state index < -0.39 is 6.10 Å². The van der Waals surface area contributed by atoms with E-state index in [1.54, 1.807) is 0 Å². The van der Waals surface area contributed by atoms with Crippen molar-refractivity contribution in [3.05, 3.63) is 158 Å². The molecule has 1 atom stereocenters. The van der Waals surface area contributed by atoms with Crippen LogP contribution < -0.4 is 0 Å². The van der Waals surface area contributed by atoms with Crippen molar-refractivity contribution >= 4 is 17.9 Å². The lowest BCUT2D eigenvalue weighted by Crippen LogP contribution is -2.30. The summed E-state index contributed by atoms with van der Waals surface area (Å²) in [5.41, 5.74) is 0. The highest BCUT2D eigenvalue weighted by molar-refractivity contribution is 5.71.